The van der Waals surface area contributed by atoms with E-state index in [1.54, 1.807) is 6.20 Å². The van der Waals surface area contributed by atoms with Crippen molar-refractivity contribution >= 4 is 23.6 Å². The number of carbonyl (C=O) groups excluding carboxylic acids is 2. The van der Waals surface area contributed by atoms with E-state index in [-0.39, 0.29) is 11.8 Å². The van der Waals surface area contributed by atoms with Crippen LogP contribution < -0.4 is 5.32 Å². The lowest BCUT2D eigenvalue weighted by Crippen LogP contribution is -2.29. The SMILES string of the molecule is O=C(NCCc1ccc(-n2cccn2)cc1)c1ccccc1SCC(=O)N1CCCC1. The molecular weight excluding hydrogens is 408 g/mol. The third-order valence-electron chi connectivity index (χ3n) is 5.35. The summed E-state index contributed by atoms with van der Waals surface area (Å²) in [7, 11) is 0. The lowest BCUT2D eigenvalue weighted by Gasteiger charge is -2.15. The Kier molecular flexibility index (Phi) is 7.04. The van der Waals surface area contributed by atoms with Crippen molar-refractivity contribution in [1.29, 1.82) is 0 Å². The van der Waals surface area contributed by atoms with E-state index in [1.807, 2.05) is 58.2 Å². The number of nitrogens with zero attached hydrogens (tertiary/aromatic N) is 3. The molecule has 1 aliphatic rings. The van der Waals surface area contributed by atoms with Crippen molar-refractivity contribution in [1.82, 2.24) is 20.0 Å². The average Bonchev–Trinajstić information content (AvgIpc) is 3.53. The lowest BCUT2D eigenvalue weighted by atomic mass is 10.1. The van der Waals surface area contributed by atoms with Gasteiger partial charge in [0.15, 0.2) is 0 Å². The summed E-state index contributed by atoms with van der Waals surface area (Å²) in [6.45, 7) is 2.25. The first kappa shape index (κ1) is 21.2. The molecule has 0 saturated carbocycles. The van der Waals surface area contributed by atoms with Crippen LogP contribution in [0.25, 0.3) is 5.69 Å². The van der Waals surface area contributed by atoms with Crippen molar-refractivity contribution in [3.8, 4) is 5.69 Å². The van der Waals surface area contributed by atoms with Crippen molar-refractivity contribution in [2.24, 2.45) is 0 Å². The Hall–Kier alpha value is -3.06. The number of nitrogens with one attached hydrogen (secondary N) is 1. The third kappa shape index (κ3) is 5.55. The summed E-state index contributed by atoms with van der Waals surface area (Å²) in [6, 6.07) is 17.5. The highest BCUT2D eigenvalue weighted by Gasteiger charge is 2.19. The van der Waals surface area contributed by atoms with Gasteiger partial charge in [-0.1, -0.05) is 24.3 Å². The number of hydrogen-bond donors (Lipinski definition) is 1. The van der Waals surface area contributed by atoms with Crippen LogP contribution in [0.2, 0.25) is 0 Å². The summed E-state index contributed by atoms with van der Waals surface area (Å²) < 4.78 is 1.81. The van der Waals surface area contributed by atoms with E-state index in [0.29, 0.717) is 17.9 Å². The number of rotatable bonds is 8. The van der Waals surface area contributed by atoms with E-state index in [0.717, 1.165) is 48.5 Å². The van der Waals surface area contributed by atoms with Crippen molar-refractivity contribution in [2.75, 3.05) is 25.4 Å². The van der Waals surface area contributed by atoms with Crippen LogP contribution >= 0.6 is 11.8 Å². The maximum absolute atomic E-state index is 12.7. The number of amides is 2. The van der Waals surface area contributed by atoms with Crippen molar-refractivity contribution in [2.45, 2.75) is 24.2 Å². The summed E-state index contributed by atoms with van der Waals surface area (Å²) in [5.74, 6) is 0.411. The van der Waals surface area contributed by atoms with E-state index in [1.165, 1.54) is 11.8 Å². The van der Waals surface area contributed by atoms with Gasteiger partial charge in [-0.15, -0.1) is 11.8 Å². The Bertz CT molecular complexity index is 1010. The highest BCUT2D eigenvalue weighted by molar-refractivity contribution is 8.00. The summed E-state index contributed by atoms with van der Waals surface area (Å²) in [4.78, 5) is 27.8. The molecule has 2 aromatic carbocycles. The third-order valence-corrected chi connectivity index (χ3v) is 6.40. The molecule has 0 aliphatic carbocycles. The van der Waals surface area contributed by atoms with Crippen LogP contribution in [0.4, 0.5) is 0 Å². The minimum absolute atomic E-state index is 0.107. The van der Waals surface area contributed by atoms with Crippen LogP contribution in [-0.4, -0.2) is 51.9 Å². The van der Waals surface area contributed by atoms with Gasteiger partial charge in [-0.3, -0.25) is 9.59 Å². The molecule has 1 aliphatic heterocycles. The maximum Gasteiger partial charge on any atom is 0.252 e. The van der Waals surface area contributed by atoms with Crippen LogP contribution in [0.1, 0.15) is 28.8 Å². The molecule has 4 rings (SSSR count). The molecule has 7 heteroatoms. The zero-order chi connectivity index (χ0) is 21.5. The zero-order valence-electron chi connectivity index (χ0n) is 17.4. The van der Waals surface area contributed by atoms with Gasteiger partial charge in [0.05, 0.1) is 17.0 Å². The van der Waals surface area contributed by atoms with E-state index < -0.39 is 0 Å². The number of aromatic nitrogens is 2. The topological polar surface area (TPSA) is 67.2 Å². The van der Waals surface area contributed by atoms with E-state index in [9.17, 15) is 9.59 Å². The highest BCUT2D eigenvalue weighted by atomic mass is 32.2. The second-order valence-electron chi connectivity index (χ2n) is 7.50. The molecule has 160 valence electrons. The van der Waals surface area contributed by atoms with Gasteiger partial charge in [0, 0.05) is 36.9 Å². The normalized spacial score (nSPS) is 13.4. The largest absolute Gasteiger partial charge is 0.352 e. The van der Waals surface area contributed by atoms with Crippen molar-refractivity contribution in [3.63, 3.8) is 0 Å². The molecule has 6 nitrogen and oxygen atoms in total. The Morgan fingerprint density at radius 1 is 1.00 bits per heavy atom. The molecule has 0 spiro atoms. The first-order valence-electron chi connectivity index (χ1n) is 10.6. The molecule has 2 amide bonds. The molecule has 1 saturated heterocycles. The first-order chi connectivity index (χ1) is 15.2. The monoisotopic (exact) mass is 434 g/mol. The maximum atomic E-state index is 12.7. The van der Waals surface area contributed by atoms with E-state index >= 15 is 0 Å². The minimum atomic E-state index is -0.107. The van der Waals surface area contributed by atoms with Crippen molar-refractivity contribution in [3.05, 3.63) is 78.1 Å². The number of benzene rings is 2. The van der Waals surface area contributed by atoms with Crippen LogP contribution in [0.5, 0.6) is 0 Å². The number of thioether (sulfide) groups is 1. The fourth-order valence-corrected chi connectivity index (χ4v) is 4.58. The van der Waals surface area contributed by atoms with Gasteiger partial charge in [0.2, 0.25) is 5.91 Å². The van der Waals surface area contributed by atoms with Gasteiger partial charge in [-0.25, -0.2) is 4.68 Å². The predicted molar refractivity (Wildman–Crippen MR) is 123 cm³/mol. The van der Waals surface area contributed by atoms with Crippen molar-refractivity contribution < 1.29 is 9.59 Å². The molecule has 0 unspecified atom stereocenters. The summed E-state index contributed by atoms with van der Waals surface area (Å²) in [5, 5.41) is 7.23. The predicted octanol–water partition coefficient (Wildman–Crippen LogP) is 3.56. The first-order valence-corrected chi connectivity index (χ1v) is 11.6. The molecule has 0 atom stereocenters. The molecule has 1 N–H and O–H groups in total. The van der Waals surface area contributed by atoms with Gasteiger partial charge in [-0.2, -0.15) is 5.10 Å². The quantitative estimate of drug-likeness (QED) is 0.551. The molecule has 31 heavy (non-hydrogen) atoms. The van der Waals surface area contributed by atoms with Gasteiger partial charge in [-0.05, 0) is 55.2 Å². The van der Waals surface area contributed by atoms with Crippen LogP contribution in [0.15, 0.2) is 71.9 Å². The number of carbonyl (C=O) groups is 2. The molecule has 0 bridgehead atoms. The Balaban J connectivity index is 1.29. The standard InChI is InChI=1S/C24H26N4O2S/c29-23(27-15-3-4-16-27)18-31-22-7-2-1-6-21(22)24(30)25-14-12-19-8-10-20(11-9-19)28-17-5-13-26-28/h1-2,5-11,13,17H,3-4,12,14-16,18H2,(H,25,30). The van der Waals surface area contributed by atoms with E-state index in [2.05, 4.69) is 22.5 Å². The van der Waals surface area contributed by atoms with Crippen LogP contribution in [0, 0.1) is 0 Å². The number of hydrogen-bond acceptors (Lipinski definition) is 4. The fourth-order valence-electron chi connectivity index (χ4n) is 3.63. The van der Waals surface area contributed by atoms with Crippen LogP contribution in [0.3, 0.4) is 0 Å². The average molecular weight is 435 g/mol. The zero-order valence-corrected chi connectivity index (χ0v) is 18.2. The molecule has 0 radical (unpaired) electrons. The Labute approximate surface area is 186 Å². The van der Waals surface area contributed by atoms with Gasteiger partial charge in [0.25, 0.3) is 5.91 Å². The summed E-state index contributed by atoms with van der Waals surface area (Å²) >= 11 is 1.44. The summed E-state index contributed by atoms with van der Waals surface area (Å²) in [5.41, 5.74) is 2.78. The van der Waals surface area contributed by atoms with Gasteiger partial charge >= 0.3 is 0 Å². The Morgan fingerprint density at radius 2 is 1.77 bits per heavy atom. The smallest absolute Gasteiger partial charge is 0.252 e. The number of likely N-dealkylation sites (tertiary alicyclic amines) is 1. The summed E-state index contributed by atoms with van der Waals surface area (Å²) in [6.07, 6.45) is 6.57. The minimum Gasteiger partial charge on any atom is -0.352 e. The second kappa shape index (κ2) is 10.3. The van der Waals surface area contributed by atoms with E-state index in [4.69, 9.17) is 0 Å². The van der Waals surface area contributed by atoms with Crippen LogP contribution in [-0.2, 0) is 11.2 Å². The van der Waals surface area contributed by atoms with Gasteiger partial charge in [0.1, 0.15) is 0 Å². The molecule has 3 aromatic rings. The van der Waals surface area contributed by atoms with Gasteiger partial charge < -0.3 is 10.2 Å². The molecular formula is C24H26N4O2S. The fraction of sp³-hybridized carbons (Fsp3) is 0.292. The second-order valence-corrected chi connectivity index (χ2v) is 8.51. The highest BCUT2D eigenvalue weighted by Crippen LogP contribution is 2.23. The lowest BCUT2D eigenvalue weighted by molar-refractivity contribution is -0.127. The molecule has 1 aromatic heterocycles. The Morgan fingerprint density at radius 3 is 2.52 bits per heavy atom. The molecule has 1 fully saturated rings. The molecule has 2 heterocycles.